The molecule has 1 amide bonds. The summed E-state index contributed by atoms with van der Waals surface area (Å²) in [7, 11) is 0. The van der Waals surface area contributed by atoms with E-state index in [0.29, 0.717) is 27.3 Å². The second-order valence-electron chi connectivity index (χ2n) is 4.91. The van der Waals surface area contributed by atoms with Crippen LogP contribution in [0.2, 0.25) is 10.0 Å². The molecule has 0 unspecified atom stereocenters. The van der Waals surface area contributed by atoms with Crippen LogP contribution in [0.25, 0.3) is 0 Å². The monoisotopic (exact) mass is 352 g/mol. The van der Waals surface area contributed by atoms with Crippen molar-refractivity contribution in [1.29, 1.82) is 0 Å². The quantitative estimate of drug-likeness (QED) is 0.876. The number of nitrogens with one attached hydrogen (secondary N) is 1. The average molecular weight is 353 g/mol. The molecule has 0 saturated heterocycles. The van der Waals surface area contributed by atoms with E-state index >= 15 is 0 Å². The van der Waals surface area contributed by atoms with E-state index in [2.05, 4.69) is 20.2 Å². The van der Waals surface area contributed by atoms with Gasteiger partial charge in [-0.2, -0.15) is 0 Å². The number of hydrogen-bond donors (Lipinski definition) is 1. The zero-order valence-corrected chi connectivity index (χ0v) is 14.7. The zero-order chi connectivity index (χ0) is 17.0. The van der Waals surface area contributed by atoms with Gasteiger partial charge in [0.25, 0.3) is 5.91 Å². The number of nitrogens with zero attached hydrogens (tertiary/aromatic N) is 3. The molecule has 1 aromatic carbocycles. The number of amides is 1. The topological polar surface area (TPSA) is 58.1 Å². The lowest BCUT2D eigenvalue weighted by molar-refractivity contribution is 0.102. The molecular formula is C16H18Cl2N4O. The van der Waals surface area contributed by atoms with Crippen molar-refractivity contribution in [3.05, 3.63) is 45.8 Å². The highest BCUT2D eigenvalue weighted by Crippen LogP contribution is 2.26. The van der Waals surface area contributed by atoms with Crippen LogP contribution in [0.15, 0.2) is 24.3 Å². The molecule has 0 atom stereocenters. The highest BCUT2D eigenvalue weighted by Gasteiger charge is 2.14. The second-order valence-corrected chi connectivity index (χ2v) is 5.75. The van der Waals surface area contributed by atoms with Crippen molar-refractivity contribution in [1.82, 2.24) is 9.97 Å². The van der Waals surface area contributed by atoms with Crippen molar-refractivity contribution in [3.8, 4) is 0 Å². The summed E-state index contributed by atoms with van der Waals surface area (Å²) >= 11 is 11.9. The molecule has 7 heteroatoms. The summed E-state index contributed by atoms with van der Waals surface area (Å²) in [6.45, 7) is 7.44. The summed E-state index contributed by atoms with van der Waals surface area (Å²) in [6, 6.07) is 6.57. The molecule has 0 fully saturated rings. The fourth-order valence-corrected chi connectivity index (χ4v) is 2.61. The van der Waals surface area contributed by atoms with E-state index in [1.807, 2.05) is 13.8 Å². The molecule has 1 aromatic heterocycles. The van der Waals surface area contributed by atoms with Crippen LogP contribution in [0, 0.1) is 6.92 Å². The summed E-state index contributed by atoms with van der Waals surface area (Å²) < 4.78 is 0. The molecule has 0 aliphatic heterocycles. The Kier molecular flexibility index (Phi) is 5.80. The van der Waals surface area contributed by atoms with Crippen molar-refractivity contribution in [2.75, 3.05) is 23.3 Å². The fraction of sp³-hybridized carbons (Fsp3) is 0.312. The van der Waals surface area contributed by atoms with Crippen LogP contribution in [-0.4, -0.2) is 29.0 Å². The summed E-state index contributed by atoms with van der Waals surface area (Å²) in [6.07, 6.45) is 0. The first kappa shape index (κ1) is 17.5. The van der Waals surface area contributed by atoms with Gasteiger partial charge in [-0.15, -0.1) is 0 Å². The minimum atomic E-state index is -0.340. The Labute approximate surface area is 145 Å². The Morgan fingerprint density at radius 1 is 1.17 bits per heavy atom. The molecule has 2 rings (SSSR count). The lowest BCUT2D eigenvalue weighted by atomic mass is 10.3. The molecule has 5 nitrogen and oxygen atoms in total. The van der Waals surface area contributed by atoms with Crippen molar-refractivity contribution >= 4 is 40.6 Å². The smallest absolute Gasteiger partial charge is 0.274 e. The van der Waals surface area contributed by atoms with E-state index in [1.54, 1.807) is 31.2 Å². The van der Waals surface area contributed by atoms with Crippen molar-refractivity contribution in [2.24, 2.45) is 0 Å². The van der Waals surface area contributed by atoms with Gasteiger partial charge in [0.2, 0.25) is 0 Å². The number of hydrogen-bond acceptors (Lipinski definition) is 4. The second kappa shape index (κ2) is 7.62. The number of aromatic nitrogens is 2. The van der Waals surface area contributed by atoms with Gasteiger partial charge in [-0.25, -0.2) is 9.97 Å². The first-order chi connectivity index (χ1) is 10.9. The molecule has 1 heterocycles. The van der Waals surface area contributed by atoms with Crippen LogP contribution in [0.1, 0.15) is 30.2 Å². The molecule has 0 spiro atoms. The van der Waals surface area contributed by atoms with Gasteiger partial charge in [0.05, 0.1) is 10.7 Å². The van der Waals surface area contributed by atoms with Gasteiger partial charge in [-0.1, -0.05) is 23.2 Å². The average Bonchev–Trinajstić information content (AvgIpc) is 2.50. The minimum absolute atomic E-state index is 0.297. The van der Waals surface area contributed by atoms with Crippen molar-refractivity contribution in [2.45, 2.75) is 20.8 Å². The van der Waals surface area contributed by atoms with Gasteiger partial charge in [0.15, 0.2) is 0 Å². The lowest BCUT2D eigenvalue weighted by Gasteiger charge is -2.20. The van der Waals surface area contributed by atoms with E-state index in [4.69, 9.17) is 23.2 Å². The molecule has 1 N–H and O–H groups in total. The highest BCUT2D eigenvalue weighted by molar-refractivity contribution is 6.36. The Bertz CT molecular complexity index is 717. The Hall–Kier alpha value is -1.85. The number of carbonyl (C=O) groups excluding carboxylic acids is 1. The van der Waals surface area contributed by atoms with Gasteiger partial charge in [-0.05, 0) is 39.0 Å². The van der Waals surface area contributed by atoms with Crippen LogP contribution in [0.4, 0.5) is 11.5 Å². The van der Waals surface area contributed by atoms with Gasteiger partial charge >= 0.3 is 0 Å². The van der Waals surface area contributed by atoms with E-state index in [1.165, 1.54) is 0 Å². The van der Waals surface area contributed by atoms with Gasteiger partial charge in [0, 0.05) is 24.2 Å². The molecule has 0 aliphatic carbocycles. The standard InChI is InChI=1S/C16H18Cl2N4O/c1-4-22(5-2)15-9-14(19-10(3)20-15)16(23)21-13-7-6-11(17)8-12(13)18/h6-9H,4-5H2,1-3H3,(H,21,23). The highest BCUT2D eigenvalue weighted by atomic mass is 35.5. The van der Waals surface area contributed by atoms with Crippen LogP contribution < -0.4 is 10.2 Å². The first-order valence-electron chi connectivity index (χ1n) is 7.31. The Balaban J connectivity index is 2.28. The molecule has 2 aromatic rings. The van der Waals surface area contributed by atoms with Crippen LogP contribution in [0.3, 0.4) is 0 Å². The maximum atomic E-state index is 12.4. The number of halogens is 2. The maximum absolute atomic E-state index is 12.4. The van der Waals surface area contributed by atoms with E-state index < -0.39 is 0 Å². The number of anilines is 2. The molecule has 0 radical (unpaired) electrons. The molecule has 23 heavy (non-hydrogen) atoms. The minimum Gasteiger partial charge on any atom is -0.357 e. The number of aryl methyl sites for hydroxylation is 1. The third-order valence-corrected chi connectivity index (χ3v) is 3.87. The summed E-state index contributed by atoms with van der Waals surface area (Å²) in [5, 5.41) is 3.63. The molecular weight excluding hydrogens is 335 g/mol. The molecule has 0 aliphatic rings. The van der Waals surface area contributed by atoms with Crippen LogP contribution in [0.5, 0.6) is 0 Å². The molecule has 122 valence electrons. The predicted octanol–water partition coefficient (Wildman–Crippen LogP) is 4.19. The number of carbonyl (C=O) groups is 1. The Morgan fingerprint density at radius 3 is 2.48 bits per heavy atom. The summed E-state index contributed by atoms with van der Waals surface area (Å²) in [5.74, 6) is 0.935. The molecule has 0 bridgehead atoms. The normalized spacial score (nSPS) is 10.5. The largest absolute Gasteiger partial charge is 0.357 e. The third kappa shape index (κ3) is 4.33. The Morgan fingerprint density at radius 2 is 1.87 bits per heavy atom. The van der Waals surface area contributed by atoms with E-state index in [0.717, 1.165) is 18.9 Å². The number of rotatable bonds is 5. The third-order valence-electron chi connectivity index (χ3n) is 3.32. The summed E-state index contributed by atoms with van der Waals surface area (Å²) in [5.41, 5.74) is 0.784. The lowest BCUT2D eigenvalue weighted by Crippen LogP contribution is -2.24. The van der Waals surface area contributed by atoms with Gasteiger partial charge < -0.3 is 10.2 Å². The maximum Gasteiger partial charge on any atom is 0.274 e. The van der Waals surface area contributed by atoms with Gasteiger partial charge in [0.1, 0.15) is 17.3 Å². The van der Waals surface area contributed by atoms with Crippen molar-refractivity contribution in [3.63, 3.8) is 0 Å². The van der Waals surface area contributed by atoms with E-state index in [-0.39, 0.29) is 5.91 Å². The van der Waals surface area contributed by atoms with E-state index in [9.17, 15) is 4.79 Å². The zero-order valence-electron chi connectivity index (χ0n) is 13.2. The fourth-order valence-electron chi connectivity index (χ4n) is 2.16. The van der Waals surface area contributed by atoms with Crippen LogP contribution >= 0.6 is 23.2 Å². The van der Waals surface area contributed by atoms with Crippen molar-refractivity contribution < 1.29 is 4.79 Å². The SMILES string of the molecule is CCN(CC)c1cc(C(=O)Nc2ccc(Cl)cc2Cl)nc(C)n1. The first-order valence-corrected chi connectivity index (χ1v) is 8.07. The molecule has 0 saturated carbocycles. The summed E-state index contributed by atoms with van der Waals surface area (Å²) in [4.78, 5) is 23.1. The number of benzene rings is 1. The van der Waals surface area contributed by atoms with Crippen LogP contribution in [-0.2, 0) is 0 Å². The van der Waals surface area contributed by atoms with Gasteiger partial charge in [-0.3, -0.25) is 4.79 Å². The predicted molar refractivity (Wildman–Crippen MR) is 94.7 cm³/mol.